The summed E-state index contributed by atoms with van der Waals surface area (Å²) in [7, 11) is 1.57. The van der Waals surface area contributed by atoms with E-state index in [9.17, 15) is 9.59 Å². The van der Waals surface area contributed by atoms with Gasteiger partial charge < -0.3 is 19.5 Å². The van der Waals surface area contributed by atoms with Gasteiger partial charge in [0.15, 0.2) is 6.10 Å². The van der Waals surface area contributed by atoms with Crippen LogP contribution in [0.25, 0.3) is 10.9 Å². The van der Waals surface area contributed by atoms with Crippen LogP contribution in [0.5, 0.6) is 11.5 Å². The molecular formula is C21H17ClN2O5. The van der Waals surface area contributed by atoms with Crippen molar-refractivity contribution in [3.8, 4) is 11.5 Å². The lowest BCUT2D eigenvalue weighted by atomic mass is 10.1. The first-order valence-corrected chi connectivity index (χ1v) is 9.26. The van der Waals surface area contributed by atoms with Gasteiger partial charge in [-0.2, -0.15) is 0 Å². The molecule has 7 nitrogen and oxygen atoms in total. The number of halogens is 1. The molecule has 8 heteroatoms. The number of pyridine rings is 1. The number of benzene rings is 2. The number of hydrogen-bond acceptors (Lipinski definition) is 6. The van der Waals surface area contributed by atoms with Crippen LogP contribution in [-0.2, 0) is 20.9 Å². The summed E-state index contributed by atoms with van der Waals surface area (Å²) in [4.78, 5) is 28.7. The summed E-state index contributed by atoms with van der Waals surface area (Å²) >= 11 is 6.22. The fourth-order valence-electron chi connectivity index (χ4n) is 2.99. The van der Waals surface area contributed by atoms with E-state index in [1.54, 1.807) is 43.5 Å². The topological polar surface area (TPSA) is 86.8 Å². The largest absolute Gasteiger partial charge is 0.497 e. The number of amides is 1. The molecule has 1 aliphatic rings. The number of aromatic nitrogens is 1. The summed E-state index contributed by atoms with van der Waals surface area (Å²) in [5.41, 5.74) is 1.82. The number of carbonyl (C=O) groups is 2. The summed E-state index contributed by atoms with van der Waals surface area (Å²) in [6, 6.07) is 14.3. The fourth-order valence-corrected chi connectivity index (χ4v) is 3.19. The molecule has 2 aromatic carbocycles. The number of carbonyl (C=O) groups excluding carboxylic acids is 2. The number of ether oxygens (including phenoxy) is 3. The highest BCUT2D eigenvalue weighted by atomic mass is 35.5. The van der Waals surface area contributed by atoms with Crippen molar-refractivity contribution in [2.75, 3.05) is 12.4 Å². The molecule has 148 valence electrons. The molecule has 0 fully saturated rings. The van der Waals surface area contributed by atoms with E-state index in [0.717, 1.165) is 5.39 Å². The van der Waals surface area contributed by atoms with E-state index >= 15 is 0 Å². The summed E-state index contributed by atoms with van der Waals surface area (Å²) in [5.74, 6) is 0.227. The molecule has 1 aromatic heterocycles. The van der Waals surface area contributed by atoms with Crippen molar-refractivity contribution >= 4 is 40.1 Å². The Hall–Kier alpha value is -3.32. The van der Waals surface area contributed by atoms with Gasteiger partial charge in [0.1, 0.15) is 23.3 Å². The second-order valence-electron chi connectivity index (χ2n) is 6.45. The second-order valence-corrected chi connectivity index (χ2v) is 6.81. The number of nitrogens with zero attached hydrogens (tertiary/aromatic N) is 1. The van der Waals surface area contributed by atoms with Gasteiger partial charge in [-0.3, -0.25) is 9.59 Å². The van der Waals surface area contributed by atoms with Gasteiger partial charge in [-0.15, -0.1) is 0 Å². The van der Waals surface area contributed by atoms with Gasteiger partial charge in [-0.1, -0.05) is 23.7 Å². The molecule has 1 aliphatic heterocycles. The molecule has 29 heavy (non-hydrogen) atoms. The molecule has 1 amide bonds. The standard InChI is InChI=1S/C21H17ClN2O5/c1-27-14-7-6-12-8-13(20(22)23-16(12)9-14)11-28-19(25)10-18-21(26)24-15-4-2-3-5-17(15)29-18/h2-9,18H,10-11H2,1H3,(H,24,26). The third-order valence-electron chi connectivity index (χ3n) is 4.50. The van der Waals surface area contributed by atoms with E-state index in [2.05, 4.69) is 10.3 Å². The van der Waals surface area contributed by atoms with Gasteiger partial charge in [0.2, 0.25) is 0 Å². The van der Waals surface area contributed by atoms with Crippen LogP contribution in [0.15, 0.2) is 48.5 Å². The molecule has 1 atom stereocenters. The molecule has 0 spiro atoms. The Morgan fingerprint density at radius 2 is 2.07 bits per heavy atom. The van der Waals surface area contributed by atoms with Gasteiger partial charge >= 0.3 is 5.97 Å². The van der Waals surface area contributed by atoms with Crippen LogP contribution in [0.2, 0.25) is 5.15 Å². The van der Waals surface area contributed by atoms with E-state index in [-0.39, 0.29) is 24.1 Å². The van der Waals surface area contributed by atoms with Gasteiger partial charge in [-0.05, 0) is 30.3 Å². The maximum atomic E-state index is 12.2. The van der Waals surface area contributed by atoms with Crippen molar-refractivity contribution in [2.24, 2.45) is 0 Å². The first-order chi connectivity index (χ1) is 14.0. The number of esters is 1. The van der Waals surface area contributed by atoms with Crippen LogP contribution < -0.4 is 14.8 Å². The Morgan fingerprint density at radius 3 is 2.90 bits per heavy atom. The number of fused-ring (bicyclic) bond motifs is 2. The minimum atomic E-state index is -0.949. The third kappa shape index (κ3) is 4.09. The Bertz CT molecular complexity index is 1100. The molecule has 0 radical (unpaired) electrons. The van der Waals surface area contributed by atoms with Gasteiger partial charge in [0.25, 0.3) is 5.91 Å². The zero-order valence-electron chi connectivity index (χ0n) is 15.5. The molecule has 1 N–H and O–H groups in total. The van der Waals surface area contributed by atoms with E-state index < -0.39 is 12.1 Å². The lowest BCUT2D eigenvalue weighted by Gasteiger charge is -2.25. The molecule has 0 aliphatic carbocycles. The van der Waals surface area contributed by atoms with E-state index in [4.69, 9.17) is 25.8 Å². The summed E-state index contributed by atoms with van der Waals surface area (Å²) in [5, 5.41) is 3.79. The summed E-state index contributed by atoms with van der Waals surface area (Å²) in [6.45, 7) is -0.0580. The number of hydrogen-bond donors (Lipinski definition) is 1. The smallest absolute Gasteiger partial charge is 0.310 e. The van der Waals surface area contributed by atoms with E-state index in [0.29, 0.717) is 28.3 Å². The molecule has 4 rings (SSSR count). The Balaban J connectivity index is 1.41. The zero-order valence-corrected chi connectivity index (χ0v) is 16.2. The van der Waals surface area contributed by atoms with E-state index in [1.165, 1.54) is 0 Å². The van der Waals surface area contributed by atoms with Crippen molar-refractivity contribution in [1.82, 2.24) is 4.98 Å². The van der Waals surface area contributed by atoms with Crippen LogP contribution >= 0.6 is 11.6 Å². The molecular weight excluding hydrogens is 396 g/mol. The SMILES string of the molecule is COc1ccc2cc(COC(=O)CC3Oc4ccccc4NC3=O)c(Cl)nc2c1. The highest BCUT2D eigenvalue weighted by Crippen LogP contribution is 2.30. The first-order valence-electron chi connectivity index (χ1n) is 8.89. The van der Waals surface area contributed by atoms with Crippen molar-refractivity contribution in [1.29, 1.82) is 0 Å². The lowest BCUT2D eigenvalue weighted by Crippen LogP contribution is -2.38. The molecule has 1 unspecified atom stereocenters. The van der Waals surface area contributed by atoms with E-state index in [1.807, 2.05) is 12.1 Å². The van der Waals surface area contributed by atoms with Crippen LogP contribution in [-0.4, -0.2) is 30.1 Å². The van der Waals surface area contributed by atoms with Crippen LogP contribution in [0.4, 0.5) is 5.69 Å². The monoisotopic (exact) mass is 412 g/mol. The lowest BCUT2D eigenvalue weighted by molar-refractivity contribution is -0.149. The average Bonchev–Trinajstić information content (AvgIpc) is 2.72. The Morgan fingerprint density at radius 1 is 1.24 bits per heavy atom. The maximum Gasteiger partial charge on any atom is 0.310 e. The fraction of sp³-hybridized carbons (Fsp3) is 0.190. The minimum absolute atomic E-state index is 0.0580. The van der Waals surface area contributed by atoms with Crippen LogP contribution in [0, 0.1) is 0 Å². The predicted molar refractivity (Wildman–Crippen MR) is 107 cm³/mol. The normalized spacial score (nSPS) is 15.2. The molecule has 2 heterocycles. The number of methoxy groups -OCH3 is 1. The third-order valence-corrected chi connectivity index (χ3v) is 4.83. The zero-order chi connectivity index (χ0) is 20.4. The highest BCUT2D eigenvalue weighted by Gasteiger charge is 2.30. The number of rotatable bonds is 5. The number of anilines is 1. The van der Waals surface area contributed by atoms with Crippen molar-refractivity contribution in [2.45, 2.75) is 19.1 Å². The number of para-hydroxylation sites is 2. The van der Waals surface area contributed by atoms with Gasteiger partial charge in [-0.25, -0.2) is 4.98 Å². The van der Waals surface area contributed by atoms with Crippen molar-refractivity contribution in [3.63, 3.8) is 0 Å². The predicted octanol–water partition coefficient (Wildman–Crippen LogP) is 3.73. The quantitative estimate of drug-likeness (QED) is 0.507. The van der Waals surface area contributed by atoms with Crippen LogP contribution in [0.3, 0.4) is 0 Å². The Kier molecular flexibility index (Phi) is 5.22. The van der Waals surface area contributed by atoms with Gasteiger partial charge in [0.05, 0.1) is 24.7 Å². The maximum absolute atomic E-state index is 12.2. The summed E-state index contributed by atoms with van der Waals surface area (Å²) < 4.78 is 16.1. The summed E-state index contributed by atoms with van der Waals surface area (Å²) in [6.07, 6.45) is -1.16. The van der Waals surface area contributed by atoms with Gasteiger partial charge in [0, 0.05) is 17.0 Å². The molecule has 0 saturated heterocycles. The first kappa shape index (κ1) is 19.0. The molecule has 0 bridgehead atoms. The highest BCUT2D eigenvalue weighted by molar-refractivity contribution is 6.30. The second kappa shape index (κ2) is 7.97. The van der Waals surface area contributed by atoms with Crippen molar-refractivity contribution in [3.05, 3.63) is 59.2 Å². The minimum Gasteiger partial charge on any atom is -0.497 e. The number of nitrogens with one attached hydrogen (secondary N) is 1. The average molecular weight is 413 g/mol. The Labute approximate surface area is 171 Å². The van der Waals surface area contributed by atoms with Crippen molar-refractivity contribution < 1.29 is 23.8 Å². The molecule has 0 saturated carbocycles. The molecule has 3 aromatic rings. The van der Waals surface area contributed by atoms with Crippen LogP contribution in [0.1, 0.15) is 12.0 Å².